The van der Waals surface area contributed by atoms with Crippen LogP contribution in [0.2, 0.25) is 0 Å². The summed E-state index contributed by atoms with van der Waals surface area (Å²) in [5.41, 5.74) is -1.00. The lowest BCUT2D eigenvalue weighted by atomic mass is 9.93. The van der Waals surface area contributed by atoms with Gasteiger partial charge in [0, 0.05) is 12.1 Å². The maximum atomic E-state index is 13.1. The van der Waals surface area contributed by atoms with Gasteiger partial charge >= 0.3 is 0 Å². The van der Waals surface area contributed by atoms with Crippen LogP contribution in [0.4, 0.5) is 0 Å². The molecule has 0 aliphatic carbocycles. The van der Waals surface area contributed by atoms with Gasteiger partial charge in [-0.25, -0.2) is 0 Å². The Morgan fingerprint density at radius 3 is 2.11 bits per heavy atom. The van der Waals surface area contributed by atoms with Crippen LogP contribution in [0.25, 0.3) is 0 Å². The number of nitrogens with zero attached hydrogens (tertiary/aromatic N) is 1. The maximum Gasteiger partial charge on any atom is 0.254 e. The lowest BCUT2D eigenvalue weighted by Crippen LogP contribution is -2.60. The van der Waals surface area contributed by atoms with Crippen molar-refractivity contribution in [1.29, 1.82) is 0 Å². The van der Waals surface area contributed by atoms with Crippen LogP contribution in [0.5, 0.6) is 5.75 Å². The first-order chi connectivity index (χ1) is 12.6. The van der Waals surface area contributed by atoms with E-state index in [1.807, 2.05) is 45.0 Å². The Kier molecular flexibility index (Phi) is 7.58. The normalized spacial score (nSPS) is 11.7. The van der Waals surface area contributed by atoms with E-state index in [0.29, 0.717) is 5.75 Å². The molecule has 0 aromatic heterocycles. The Balaban J connectivity index is 3.38. The van der Waals surface area contributed by atoms with Gasteiger partial charge in [-0.05, 0) is 51.5 Å². The molecule has 0 aliphatic heterocycles. The third kappa shape index (κ3) is 5.58. The number of benzene rings is 1. The van der Waals surface area contributed by atoms with Crippen molar-refractivity contribution in [2.75, 3.05) is 7.11 Å². The summed E-state index contributed by atoms with van der Waals surface area (Å²) >= 11 is 0. The van der Waals surface area contributed by atoms with Crippen molar-refractivity contribution in [2.45, 2.75) is 45.3 Å². The lowest BCUT2D eigenvalue weighted by Gasteiger charge is -2.39. The number of methoxy groups -OCH3 is 1. The predicted molar refractivity (Wildman–Crippen MR) is 109 cm³/mol. The summed E-state index contributed by atoms with van der Waals surface area (Å²) in [5, 5.41) is 2.92. The van der Waals surface area contributed by atoms with Gasteiger partial charge in [-0.1, -0.05) is 43.5 Å². The molecule has 0 saturated carbocycles. The molecule has 1 N–H and O–H groups in total. The van der Waals surface area contributed by atoms with Gasteiger partial charge in [0.1, 0.15) is 5.75 Å². The van der Waals surface area contributed by atoms with Crippen LogP contribution in [0.1, 0.15) is 33.3 Å². The SMILES string of the molecule is C=CC(C=C)(C(=O)NC(C)(C)C)N(Cc1ccc(OC)cc1)C(=O)/C=C/C. The average molecular weight is 370 g/mol. The minimum Gasteiger partial charge on any atom is -0.497 e. The van der Waals surface area contributed by atoms with E-state index in [1.54, 1.807) is 20.1 Å². The lowest BCUT2D eigenvalue weighted by molar-refractivity contribution is -0.140. The average Bonchev–Trinajstić information content (AvgIpc) is 2.61. The molecule has 0 bridgehead atoms. The van der Waals surface area contributed by atoms with Crippen molar-refractivity contribution < 1.29 is 14.3 Å². The number of carbonyl (C=O) groups is 2. The van der Waals surface area contributed by atoms with E-state index in [9.17, 15) is 9.59 Å². The Hall–Kier alpha value is -2.82. The molecule has 0 aliphatic rings. The van der Waals surface area contributed by atoms with E-state index in [1.165, 1.54) is 23.1 Å². The van der Waals surface area contributed by atoms with Gasteiger partial charge in [0.15, 0.2) is 5.54 Å². The molecule has 0 spiro atoms. The van der Waals surface area contributed by atoms with Crippen LogP contribution in [0.3, 0.4) is 0 Å². The van der Waals surface area contributed by atoms with Crippen molar-refractivity contribution >= 4 is 11.8 Å². The molecule has 27 heavy (non-hydrogen) atoms. The fourth-order valence-corrected chi connectivity index (χ4v) is 2.59. The number of hydrogen-bond acceptors (Lipinski definition) is 3. The third-order valence-electron chi connectivity index (χ3n) is 4.00. The van der Waals surface area contributed by atoms with Crippen molar-refractivity contribution in [2.24, 2.45) is 0 Å². The van der Waals surface area contributed by atoms with Crippen molar-refractivity contribution in [3.05, 3.63) is 67.3 Å². The molecular formula is C22H30N2O3. The van der Waals surface area contributed by atoms with E-state index in [-0.39, 0.29) is 18.4 Å². The smallest absolute Gasteiger partial charge is 0.254 e. The molecule has 5 nitrogen and oxygen atoms in total. The molecule has 0 fully saturated rings. The largest absolute Gasteiger partial charge is 0.497 e. The Bertz CT molecular complexity index is 704. The topological polar surface area (TPSA) is 58.6 Å². The van der Waals surface area contributed by atoms with Crippen molar-refractivity contribution in [3.63, 3.8) is 0 Å². The van der Waals surface area contributed by atoms with Crippen LogP contribution in [-0.4, -0.2) is 34.9 Å². The van der Waals surface area contributed by atoms with Crippen LogP contribution in [-0.2, 0) is 16.1 Å². The minimum atomic E-state index is -1.39. The highest BCUT2D eigenvalue weighted by Gasteiger charge is 2.42. The first-order valence-corrected chi connectivity index (χ1v) is 8.80. The van der Waals surface area contributed by atoms with E-state index >= 15 is 0 Å². The van der Waals surface area contributed by atoms with Gasteiger partial charge in [0.25, 0.3) is 5.91 Å². The molecule has 1 aromatic rings. The molecule has 1 aromatic carbocycles. The van der Waals surface area contributed by atoms with E-state index in [4.69, 9.17) is 4.74 Å². The number of hydrogen-bond donors (Lipinski definition) is 1. The number of allylic oxidation sites excluding steroid dienone is 1. The predicted octanol–water partition coefficient (Wildman–Crippen LogP) is 3.63. The summed E-state index contributed by atoms with van der Waals surface area (Å²) in [6.45, 7) is 15.2. The van der Waals surface area contributed by atoms with Crippen LogP contribution >= 0.6 is 0 Å². The molecule has 146 valence electrons. The Morgan fingerprint density at radius 2 is 1.70 bits per heavy atom. The zero-order valence-electron chi connectivity index (χ0n) is 16.9. The van der Waals surface area contributed by atoms with Gasteiger partial charge in [0.05, 0.1) is 7.11 Å². The third-order valence-corrected chi connectivity index (χ3v) is 4.00. The summed E-state index contributed by atoms with van der Waals surface area (Å²) in [6, 6.07) is 7.33. The highest BCUT2D eigenvalue weighted by molar-refractivity contribution is 5.98. The summed E-state index contributed by atoms with van der Waals surface area (Å²) in [6.07, 6.45) is 5.97. The molecule has 0 radical (unpaired) electrons. The summed E-state index contributed by atoms with van der Waals surface area (Å²) < 4.78 is 5.17. The van der Waals surface area contributed by atoms with E-state index in [2.05, 4.69) is 18.5 Å². The minimum absolute atomic E-state index is 0.211. The van der Waals surface area contributed by atoms with Gasteiger partial charge in [-0.3, -0.25) is 9.59 Å². The molecule has 5 heteroatoms. The second kappa shape index (κ2) is 9.21. The number of carbonyl (C=O) groups excluding carboxylic acids is 2. The van der Waals surface area contributed by atoms with E-state index < -0.39 is 11.1 Å². The first kappa shape index (κ1) is 22.2. The second-order valence-corrected chi connectivity index (χ2v) is 7.21. The second-order valence-electron chi connectivity index (χ2n) is 7.21. The zero-order chi connectivity index (χ0) is 20.7. The van der Waals surface area contributed by atoms with E-state index in [0.717, 1.165) is 5.56 Å². The highest BCUT2D eigenvalue weighted by Crippen LogP contribution is 2.25. The summed E-state index contributed by atoms with van der Waals surface area (Å²) in [5.74, 6) is 0.0535. The summed E-state index contributed by atoms with van der Waals surface area (Å²) in [7, 11) is 1.59. The standard InChI is InChI=1S/C22H30N2O3/c1-8-11-19(25)24(16-17-12-14-18(27-7)15-13-17)22(9-2,10-3)20(26)23-21(4,5)6/h8-15H,2-3,16H2,1,4-7H3,(H,23,26)/b11-8+. The van der Waals surface area contributed by atoms with Gasteiger partial charge < -0.3 is 15.0 Å². The quantitative estimate of drug-likeness (QED) is 0.562. The maximum absolute atomic E-state index is 13.1. The molecule has 2 amide bonds. The van der Waals surface area contributed by atoms with Gasteiger partial charge in [-0.2, -0.15) is 0 Å². The van der Waals surface area contributed by atoms with Crippen molar-refractivity contribution in [3.8, 4) is 5.75 Å². The number of ether oxygens (including phenoxy) is 1. The van der Waals surface area contributed by atoms with Crippen molar-refractivity contribution in [1.82, 2.24) is 10.2 Å². The summed E-state index contributed by atoms with van der Waals surface area (Å²) in [4.78, 5) is 27.4. The monoisotopic (exact) mass is 370 g/mol. The number of nitrogens with one attached hydrogen (secondary N) is 1. The first-order valence-electron chi connectivity index (χ1n) is 8.80. The molecule has 0 atom stereocenters. The Labute approximate surface area is 162 Å². The van der Waals surface area contributed by atoms with Gasteiger partial charge in [-0.15, -0.1) is 0 Å². The molecule has 0 saturated heterocycles. The molecular weight excluding hydrogens is 340 g/mol. The molecule has 0 unspecified atom stereocenters. The van der Waals surface area contributed by atoms with Crippen LogP contribution < -0.4 is 10.1 Å². The zero-order valence-corrected chi connectivity index (χ0v) is 16.9. The van der Waals surface area contributed by atoms with Crippen LogP contribution in [0, 0.1) is 0 Å². The molecule has 0 heterocycles. The Morgan fingerprint density at radius 1 is 1.15 bits per heavy atom. The van der Waals surface area contributed by atoms with Gasteiger partial charge in [0.2, 0.25) is 5.91 Å². The number of amides is 2. The fourth-order valence-electron chi connectivity index (χ4n) is 2.59. The van der Waals surface area contributed by atoms with Crippen LogP contribution in [0.15, 0.2) is 61.7 Å². The number of rotatable bonds is 8. The highest BCUT2D eigenvalue weighted by atomic mass is 16.5. The molecule has 1 rings (SSSR count). The fraction of sp³-hybridized carbons (Fsp3) is 0.364.